The Morgan fingerprint density at radius 3 is 2.81 bits per heavy atom. The first-order chi connectivity index (χ1) is 15.0. The lowest BCUT2D eigenvalue weighted by molar-refractivity contribution is -0.124. The second-order valence-electron chi connectivity index (χ2n) is 7.49. The van der Waals surface area contributed by atoms with Crippen LogP contribution in [-0.4, -0.2) is 34.4 Å². The van der Waals surface area contributed by atoms with Crippen LogP contribution >= 0.6 is 22.9 Å². The number of urea groups is 1. The number of nitrogens with one attached hydrogen (secondary N) is 2. The maximum absolute atomic E-state index is 12.8. The van der Waals surface area contributed by atoms with E-state index in [1.807, 2.05) is 48.7 Å². The van der Waals surface area contributed by atoms with E-state index in [-0.39, 0.29) is 11.9 Å². The first kappa shape index (κ1) is 21.3. The van der Waals surface area contributed by atoms with E-state index >= 15 is 0 Å². The third kappa shape index (κ3) is 5.06. The van der Waals surface area contributed by atoms with Crippen molar-refractivity contribution < 1.29 is 9.59 Å². The van der Waals surface area contributed by atoms with Crippen LogP contribution in [0.1, 0.15) is 24.1 Å². The summed E-state index contributed by atoms with van der Waals surface area (Å²) in [5.41, 5.74) is 3.41. The summed E-state index contributed by atoms with van der Waals surface area (Å²) in [6.45, 7) is 2.80. The average molecular weight is 455 g/mol. The number of amides is 3. The molecule has 0 aliphatic carbocycles. The molecule has 2 N–H and O–H groups in total. The number of nitrogens with zero attached hydrogens (tertiary/aromatic N) is 2. The third-order valence-corrected chi connectivity index (χ3v) is 6.45. The zero-order valence-corrected chi connectivity index (χ0v) is 18.7. The van der Waals surface area contributed by atoms with Gasteiger partial charge in [-0.3, -0.25) is 4.79 Å². The molecule has 0 bridgehead atoms. The van der Waals surface area contributed by atoms with Crippen molar-refractivity contribution in [2.75, 3.05) is 11.9 Å². The molecule has 1 saturated heterocycles. The summed E-state index contributed by atoms with van der Waals surface area (Å²) in [4.78, 5) is 31.7. The van der Waals surface area contributed by atoms with Gasteiger partial charge in [0, 0.05) is 17.5 Å². The Morgan fingerprint density at radius 2 is 2.03 bits per heavy atom. The molecule has 4 rings (SSSR count). The van der Waals surface area contributed by atoms with Crippen LogP contribution in [0, 0.1) is 6.92 Å². The Labute approximate surface area is 190 Å². The van der Waals surface area contributed by atoms with Crippen molar-refractivity contribution in [3.05, 3.63) is 70.2 Å². The van der Waals surface area contributed by atoms with E-state index in [0.29, 0.717) is 30.2 Å². The molecule has 8 heteroatoms. The topological polar surface area (TPSA) is 74.3 Å². The molecule has 1 atom stereocenters. The number of carbonyl (C=O) groups is 2. The lowest BCUT2D eigenvalue weighted by atomic mass is 10.2. The van der Waals surface area contributed by atoms with Crippen molar-refractivity contribution in [3.63, 3.8) is 0 Å². The van der Waals surface area contributed by atoms with Gasteiger partial charge in [0.15, 0.2) is 0 Å². The van der Waals surface area contributed by atoms with Crippen LogP contribution in [0.5, 0.6) is 0 Å². The number of hydrogen-bond acceptors (Lipinski definition) is 4. The highest BCUT2D eigenvalue weighted by Crippen LogP contribution is 2.26. The fraction of sp³-hybridized carbons (Fsp3) is 0.261. The van der Waals surface area contributed by atoms with Crippen LogP contribution in [0.15, 0.2) is 53.9 Å². The molecule has 3 amide bonds. The molecule has 2 heterocycles. The van der Waals surface area contributed by atoms with E-state index in [2.05, 4.69) is 15.6 Å². The van der Waals surface area contributed by atoms with Crippen LogP contribution in [-0.2, 0) is 11.3 Å². The quantitative estimate of drug-likeness (QED) is 0.564. The van der Waals surface area contributed by atoms with Crippen molar-refractivity contribution in [3.8, 4) is 10.6 Å². The van der Waals surface area contributed by atoms with Gasteiger partial charge in [0.05, 0.1) is 22.9 Å². The highest BCUT2D eigenvalue weighted by Gasteiger charge is 2.34. The fourth-order valence-corrected chi connectivity index (χ4v) is 4.70. The van der Waals surface area contributed by atoms with E-state index in [0.717, 1.165) is 28.2 Å². The van der Waals surface area contributed by atoms with Gasteiger partial charge in [-0.25, -0.2) is 9.78 Å². The number of aryl methyl sites for hydroxylation is 1. The highest BCUT2D eigenvalue weighted by molar-refractivity contribution is 7.13. The number of likely N-dealkylation sites (tertiary alicyclic amines) is 1. The maximum atomic E-state index is 12.8. The molecule has 0 spiro atoms. The predicted molar refractivity (Wildman–Crippen MR) is 124 cm³/mol. The van der Waals surface area contributed by atoms with E-state index in [9.17, 15) is 9.59 Å². The van der Waals surface area contributed by atoms with Gasteiger partial charge >= 0.3 is 6.03 Å². The molecule has 6 nitrogen and oxygen atoms in total. The minimum atomic E-state index is -0.503. The number of thiazole rings is 1. The minimum Gasteiger partial charge on any atom is -0.349 e. The normalized spacial score (nSPS) is 15.7. The standard InChI is InChI=1S/C23H23ClN4O2S/c1-15-9-10-19(18(24)12-15)27-23(30)28-11-5-8-20(28)21(29)25-13-17-14-31-22(26-17)16-6-3-2-4-7-16/h2-4,6-7,9-10,12,14,20H,5,8,11,13H2,1H3,(H,25,29)(H,27,30)/t20-/m1/s1. The molecular weight excluding hydrogens is 432 g/mol. The number of rotatable bonds is 5. The molecule has 1 aliphatic rings. The molecule has 3 aromatic rings. The van der Waals surface area contributed by atoms with Crippen molar-refractivity contribution in [2.45, 2.75) is 32.4 Å². The molecule has 0 unspecified atom stereocenters. The van der Waals surface area contributed by atoms with Crippen molar-refractivity contribution >= 4 is 40.6 Å². The Morgan fingerprint density at radius 1 is 1.23 bits per heavy atom. The largest absolute Gasteiger partial charge is 0.349 e. The number of aromatic nitrogens is 1. The monoisotopic (exact) mass is 454 g/mol. The van der Waals surface area contributed by atoms with Crippen LogP contribution in [0.4, 0.5) is 10.5 Å². The van der Waals surface area contributed by atoms with E-state index in [1.165, 1.54) is 0 Å². The first-order valence-corrected chi connectivity index (χ1v) is 11.4. The number of hydrogen-bond donors (Lipinski definition) is 2. The molecule has 0 saturated carbocycles. The minimum absolute atomic E-state index is 0.170. The van der Waals surface area contributed by atoms with Gasteiger partial charge < -0.3 is 15.5 Å². The van der Waals surface area contributed by atoms with Crippen LogP contribution in [0.2, 0.25) is 5.02 Å². The molecule has 2 aromatic carbocycles. The second kappa shape index (κ2) is 9.49. The molecule has 1 fully saturated rings. The summed E-state index contributed by atoms with van der Waals surface area (Å²) in [6.07, 6.45) is 1.41. The molecule has 31 heavy (non-hydrogen) atoms. The molecule has 1 aromatic heterocycles. The van der Waals surface area contributed by atoms with Crippen LogP contribution in [0.25, 0.3) is 10.6 Å². The summed E-state index contributed by atoms with van der Waals surface area (Å²) in [6, 6.07) is 14.6. The Balaban J connectivity index is 1.35. The summed E-state index contributed by atoms with van der Waals surface area (Å²) >= 11 is 7.77. The lowest BCUT2D eigenvalue weighted by Gasteiger charge is -2.24. The maximum Gasteiger partial charge on any atom is 0.322 e. The highest BCUT2D eigenvalue weighted by atomic mass is 35.5. The van der Waals surface area contributed by atoms with Crippen LogP contribution in [0.3, 0.4) is 0 Å². The summed E-state index contributed by atoms with van der Waals surface area (Å²) in [5, 5.41) is 9.10. The van der Waals surface area contributed by atoms with Crippen molar-refractivity contribution in [1.82, 2.24) is 15.2 Å². The van der Waals surface area contributed by atoms with E-state index < -0.39 is 6.04 Å². The molecule has 0 radical (unpaired) electrons. The zero-order chi connectivity index (χ0) is 21.8. The smallest absolute Gasteiger partial charge is 0.322 e. The van der Waals surface area contributed by atoms with Gasteiger partial charge in [0.25, 0.3) is 0 Å². The van der Waals surface area contributed by atoms with Gasteiger partial charge in [-0.05, 0) is 37.5 Å². The summed E-state index contributed by atoms with van der Waals surface area (Å²) < 4.78 is 0. The van der Waals surface area contributed by atoms with Crippen LogP contribution < -0.4 is 10.6 Å². The summed E-state index contributed by atoms with van der Waals surface area (Å²) in [7, 11) is 0. The predicted octanol–water partition coefficient (Wildman–Crippen LogP) is 5.08. The van der Waals surface area contributed by atoms with Crippen molar-refractivity contribution in [2.24, 2.45) is 0 Å². The van der Waals surface area contributed by atoms with E-state index in [4.69, 9.17) is 11.6 Å². The molecule has 1 aliphatic heterocycles. The Hall–Kier alpha value is -2.90. The van der Waals surface area contributed by atoms with Gasteiger partial charge in [0.2, 0.25) is 5.91 Å². The molecular formula is C23H23ClN4O2S. The first-order valence-electron chi connectivity index (χ1n) is 10.1. The molecule has 160 valence electrons. The van der Waals surface area contributed by atoms with Gasteiger partial charge in [-0.2, -0.15) is 0 Å². The number of benzene rings is 2. The SMILES string of the molecule is Cc1ccc(NC(=O)N2CCC[C@@H]2C(=O)NCc2csc(-c3ccccc3)n2)c(Cl)c1. The Bertz CT molecular complexity index is 1090. The second-order valence-corrected chi connectivity index (χ2v) is 8.76. The van der Waals surface area contributed by atoms with Gasteiger partial charge in [-0.15, -0.1) is 11.3 Å². The number of halogens is 1. The number of anilines is 1. The Kier molecular flexibility index (Phi) is 6.53. The van der Waals surface area contributed by atoms with Gasteiger partial charge in [-0.1, -0.05) is 48.0 Å². The summed E-state index contributed by atoms with van der Waals surface area (Å²) in [5.74, 6) is -0.170. The van der Waals surface area contributed by atoms with E-state index in [1.54, 1.807) is 28.4 Å². The van der Waals surface area contributed by atoms with Crippen molar-refractivity contribution in [1.29, 1.82) is 0 Å². The fourth-order valence-electron chi connectivity index (χ4n) is 3.59. The number of carbonyl (C=O) groups excluding carboxylic acids is 2. The third-order valence-electron chi connectivity index (χ3n) is 5.20. The lowest BCUT2D eigenvalue weighted by Crippen LogP contribution is -2.47. The zero-order valence-electron chi connectivity index (χ0n) is 17.1. The van der Waals surface area contributed by atoms with Gasteiger partial charge in [0.1, 0.15) is 11.0 Å². The average Bonchev–Trinajstić information content (AvgIpc) is 3.44.